The molecule has 1 aromatic rings. The third kappa shape index (κ3) is 4.16. The highest BCUT2D eigenvalue weighted by Gasteiger charge is 2.20. The van der Waals surface area contributed by atoms with Crippen LogP contribution in [-0.2, 0) is 4.74 Å². The molecule has 0 saturated carbocycles. The van der Waals surface area contributed by atoms with Crippen LogP contribution in [0.1, 0.15) is 49.9 Å². The fourth-order valence-electron chi connectivity index (χ4n) is 1.73. The van der Waals surface area contributed by atoms with Gasteiger partial charge in [0.15, 0.2) is 5.69 Å². The Morgan fingerprint density at radius 2 is 2.15 bits per heavy atom. The molecule has 112 valence electrons. The average molecular weight is 280 g/mol. The van der Waals surface area contributed by atoms with E-state index in [0.717, 1.165) is 0 Å². The Morgan fingerprint density at radius 3 is 2.70 bits per heavy atom. The van der Waals surface area contributed by atoms with Gasteiger partial charge in [0.25, 0.3) is 5.91 Å². The maximum absolute atomic E-state index is 12.5. The second-order valence-electron chi connectivity index (χ2n) is 4.77. The molecule has 1 aromatic heterocycles. The summed E-state index contributed by atoms with van der Waals surface area (Å²) in [5, 5.41) is 0. The summed E-state index contributed by atoms with van der Waals surface area (Å²) in [4.78, 5) is 22.6. The van der Waals surface area contributed by atoms with Crippen LogP contribution in [-0.4, -0.2) is 47.1 Å². The van der Waals surface area contributed by atoms with Gasteiger partial charge < -0.3 is 15.4 Å². The molecule has 0 saturated heterocycles. The van der Waals surface area contributed by atoms with E-state index in [1.165, 1.54) is 6.20 Å². The number of likely N-dealkylation sites (N-methyl/N-ethyl adjacent to an activating group) is 1. The molecule has 2 N–H and O–H groups in total. The summed E-state index contributed by atoms with van der Waals surface area (Å²) in [6.07, 6.45) is 1.51. The molecular weight excluding hydrogens is 256 g/mol. The zero-order valence-corrected chi connectivity index (χ0v) is 12.7. The SMILES string of the molecule is CCOCCN(CC)C(=O)c1nc(C(C)C)ncc1N. The van der Waals surface area contributed by atoms with E-state index in [-0.39, 0.29) is 17.5 Å². The first-order valence-corrected chi connectivity index (χ1v) is 7.00. The lowest BCUT2D eigenvalue weighted by Crippen LogP contribution is -2.35. The molecular formula is C14H24N4O2. The molecule has 1 heterocycles. The highest BCUT2D eigenvalue weighted by molar-refractivity contribution is 5.96. The second-order valence-corrected chi connectivity index (χ2v) is 4.77. The third-order valence-electron chi connectivity index (χ3n) is 2.93. The van der Waals surface area contributed by atoms with Gasteiger partial charge in [-0.15, -0.1) is 0 Å². The Kier molecular flexibility index (Phi) is 6.38. The molecule has 0 unspecified atom stereocenters. The number of carbonyl (C=O) groups is 1. The Bertz CT molecular complexity index is 449. The van der Waals surface area contributed by atoms with Gasteiger partial charge >= 0.3 is 0 Å². The number of ether oxygens (including phenoxy) is 1. The maximum Gasteiger partial charge on any atom is 0.274 e. The minimum atomic E-state index is -0.172. The highest BCUT2D eigenvalue weighted by atomic mass is 16.5. The van der Waals surface area contributed by atoms with E-state index < -0.39 is 0 Å². The topological polar surface area (TPSA) is 81.3 Å². The van der Waals surface area contributed by atoms with E-state index in [0.29, 0.717) is 37.8 Å². The van der Waals surface area contributed by atoms with Crippen LogP contribution in [0, 0.1) is 0 Å². The monoisotopic (exact) mass is 280 g/mol. The quantitative estimate of drug-likeness (QED) is 0.768. The van der Waals surface area contributed by atoms with Gasteiger partial charge in [0.1, 0.15) is 5.82 Å². The molecule has 20 heavy (non-hydrogen) atoms. The minimum absolute atomic E-state index is 0.153. The zero-order chi connectivity index (χ0) is 15.1. The summed E-state index contributed by atoms with van der Waals surface area (Å²) < 4.78 is 5.29. The predicted octanol–water partition coefficient (Wildman–Crippen LogP) is 1.68. The predicted molar refractivity (Wildman–Crippen MR) is 78.6 cm³/mol. The summed E-state index contributed by atoms with van der Waals surface area (Å²) in [6, 6.07) is 0. The molecule has 1 rings (SSSR count). The largest absolute Gasteiger partial charge is 0.396 e. The summed E-state index contributed by atoms with van der Waals surface area (Å²) in [6.45, 7) is 10.1. The van der Waals surface area contributed by atoms with Crippen LogP contribution >= 0.6 is 0 Å². The summed E-state index contributed by atoms with van der Waals surface area (Å²) >= 11 is 0. The molecule has 0 bridgehead atoms. The standard InChI is InChI=1S/C14H24N4O2/c1-5-18(7-8-20-6-2)14(19)12-11(15)9-16-13(17-12)10(3)4/h9-10H,5-8,15H2,1-4H3. The molecule has 0 atom stereocenters. The van der Waals surface area contributed by atoms with E-state index >= 15 is 0 Å². The van der Waals surface area contributed by atoms with Crippen LogP contribution in [0.25, 0.3) is 0 Å². The molecule has 0 fully saturated rings. The number of nitrogen functional groups attached to an aromatic ring is 1. The van der Waals surface area contributed by atoms with Crippen molar-refractivity contribution in [3.63, 3.8) is 0 Å². The number of hydrogen-bond donors (Lipinski definition) is 1. The number of anilines is 1. The van der Waals surface area contributed by atoms with Crippen molar-refractivity contribution < 1.29 is 9.53 Å². The smallest absolute Gasteiger partial charge is 0.274 e. The van der Waals surface area contributed by atoms with E-state index in [4.69, 9.17) is 10.5 Å². The van der Waals surface area contributed by atoms with Crippen LogP contribution in [0.2, 0.25) is 0 Å². The molecule has 0 aliphatic heterocycles. The van der Waals surface area contributed by atoms with Gasteiger partial charge in [-0.25, -0.2) is 9.97 Å². The lowest BCUT2D eigenvalue weighted by Gasteiger charge is -2.21. The summed E-state index contributed by atoms with van der Waals surface area (Å²) in [5.74, 6) is 0.609. The Hall–Kier alpha value is -1.69. The first-order chi connectivity index (χ1) is 9.51. The van der Waals surface area contributed by atoms with E-state index in [2.05, 4.69) is 9.97 Å². The van der Waals surface area contributed by atoms with E-state index in [1.807, 2.05) is 27.7 Å². The molecule has 0 aliphatic carbocycles. The highest BCUT2D eigenvalue weighted by Crippen LogP contribution is 2.15. The fourth-order valence-corrected chi connectivity index (χ4v) is 1.73. The number of rotatable bonds is 7. The van der Waals surface area contributed by atoms with Crippen LogP contribution < -0.4 is 5.73 Å². The van der Waals surface area contributed by atoms with Crippen molar-refractivity contribution in [2.45, 2.75) is 33.6 Å². The van der Waals surface area contributed by atoms with Crippen LogP contribution in [0.3, 0.4) is 0 Å². The average Bonchev–Trinajstić information content (AvgIpc) is 2.43. The number of nitrogens with two attached hydrogens (primary N) is 1. The van der Waals surface area contributed by atoms with Gasteiger partial charge in [-0.1, -0.05) is 13.8 Å². The molecule has 0 aromatic carbocycles. The van der Waals surface area contributed by atoms with Crippen LogP contribution in [0.15, 0.2) is 6.20 Å². The van der Waals surface area contributed by atoms with Gasteiger partial charge in [0.2, 0.25) is 0 Å². The van der Waals surface area contributed by atoms with Crippen LogP contribution in [0.4, 0.5) is 5.69 Å². The molecule has 0 radical (unpaired) electrons. The Morgan fingerprint density at radius 1 is 1.45 bits per heavy atom. The second kappa shape index (κ2) is 7.79. The van der Waals surface area contributed by atoms with Gasteiger partial charge in [-0.2, -0.15) is 0 Å². The molecule has 1 amide bonds. The zero-order valence-electron chi connectivity index (χ0n) is 12.7. The third-order valence-corrected chi connectivity index (χ3v) is 2.93. The van der Waals surface area contributed by atoms with Crippen molar-refractivity contribution in [1.29, 1.82) is 0 Å². The number of nitrogens with zero attached hydrogens (tertiary/aromatic N) is 3. The lowest BCUT2D eigenvalue weighted by molar-refractivity contribution is 0.0664. The molecule has 6 heteroatoms. The van der Waals surface area contributed by atoms with Crippen molar-refractivity contribution in [3.05, 3.63) is 17.7 Å². The summed E-state index contributed by atoms with van der Waals surface area (Å²) in [7, 11) is 0. The van der Waals surface area contributed by atoms with Crippen molar-refractivity contribution in [1.82, 2.24) is 14.9 Å². The normalized spacial score (nSPS) is 10.8. The summed E-state index contributed by atoms with van der Waals surface area (Å²) in [5.41, 5.74) is 6.43. The Balaban J connectivity index is 2.90. The van der Waals surface area contributed by atoms with Crippen molar-refractivity contribution in [3.8, 4) is 0 Å². The van der Waals surface area contributed by atoms with Gasteiger partial charge in [-0.3, -0.25) is 4.79 Å². The number of carbonyl (C=O) groups excluding carboxylic acids is 1. The van der Waals surface area contributed by atoms with Crippen LogP contribution in [0.5, 0.6) is 0 Å². The molecule has 0 spiro atoms. The first-order valence-electron chi connectivity index (χ1n) is 7.00. The molecule has 0 aliphatic rings. The van der Waals surface area contributed by atoms with Crippen molar-refractivity contribution >= 4 is 11.6 Å². The van der Waals surface area contributed by atoms with E-state index in [1.54, 1.807) is 4.90 Å². The number of aromatic nitrogens is 2. The fraction of sp³-hybridized carbons (Fsp3) is 0.643. The number of hydrogen-bond acceptors (Lipinski definition) is 5. The van der Waals surface area contributed by atoms with Crippen molar-refractivity contribution in [2.75, 3.05) is 32.0 Å². The van der Waals surface area contributed by atoms with Gasteiger partial charge in [0, 0.05) is 25.6 Å². The lowest BCUT2D eigenvalue weighted by atomic mass is 10.2. The minimum Gasteiger partial charge on any atom is -0.396 e. The molecule has 6 nitrogen and oxygen atoms in total. The van der Waals surface area contributed by atoms with Crippen molar-refractivity contribution in [2.24, 2.45) is 0 Å². The van der Waals surface area contributed by atoms with E-state index in [9.17, 15) is 4.79 Å². The first kappa shape index (κ1) is 16.4. The number of amides is 1. The Labute approximate surface area is 120 Å². The van der Waals surface area contributed by atoms with Gasteiger partial charge in [-0.05, 0) is 13.8 Å². The van der Waals surface area contributed by atoms with Gasteiger partial charge in [0.05, 0.1) is 18.5 Å². The maximum atomic E-state index is 12.5.